The normalized spacial score (nSPS) is 19.1. The molecule has 1 saturated carbocycles. The molecule has 21 heavy (non-hydrogen) atoms. The molecule has 1 N–H and O–H groups in total. The van der Waals surface area contributed by atoms with Crippen LogP contribution in [0, 0.1) is 0 Å². The summed E-state index contributed by atoms with van der Waals surface area (Å²) in [5.41, 5.74) is 5.33. The Hall–Kier alpha value is -1.74. The van der Waals surface area contributed by atoms with E-state index >= 15 is 0 Å². The van der Waals surface area contributed by atoms with Crippen molar-refractivity contribution in [3.63, 3.8) is 0 Å². The summed E-state index contributed by atoms with van der Waals surface area (Å²) in [5.74, 6) is 1.05. The number of hydrogen-bond donors (Lipinski definition) is 1. The van der Waals surface area contributed by atoms with Gasteiger partial charge < -0.3 is 5.32 Å². The van der Waals surface area contributed by atoms with Gasteiger partial charge in [0.05, 0.1) is 11.1 Å². The Morgan fingerprint density at radius 2 is 1.95 bits per heavy atom. The molecule has 0 amide bonds. The molecular weight excluding hydrogens is 258 g/mol. The molecule has 3 nitrogen and oxygen atoms in total. The summed E-state index contributed by atoms with van der Waals surface area (Å²) < 4.78 is 0. The van der Waals surface area contributed by atoms with Crippen LogP contribution in [0.5, 0.6) is 0 Å². The summed E-state index contributed by atoms with van der Waals surface area (Å²) in [4.78, 5) is 9.94. The molecule has 0 radical (unpaired) electrons. The highest BCUT2D eigenvalue weighted by Crippen LogP contribution is 2.52. The first-order chi connectivity index (χ1) is 10.3. The Balaban J connectivity index is 1.82. The van der Waals surface area contributed by atoms with Crippen molar-refractivity contribution in [3.05, 3.63) is 58.7 Å². The van der Waals surface area contributed by atoms with Gasteiger partial charge in [0.25, 0.3) is 0 Å². The maximum Gasteiger partial charge on any atom is 0.139 e. The highest BCUT2D eigenvalue weighted by molar-refractivity contribution is 5.41. The summed E-state index contributed by atoms with van der Waals surface area (Å²) in [6.07, 6.45) is 4.42. The van der Waals surface area contributed by atoms with Gasteiger partial charge in [-0.2, -0.15) is 0 Å². The van der Waals surface area contributed by atoms with E-state index in [1.807, 2.05) is 0 Å². The zero-order valence-electron chi connectivity index (χ0n) is 12.5. The third kappa shape index (κ3) is 2.07. The van der Waals surface area contributed by atoms with Crippen LogP contribution in [0.4, 0.5) is 0 Å². The van der Waals surface area contributed by atoms with Crippen molar-refractivity contribution >= 4 is 0 Å². The zero-order valence-corrected chi connectivity index (χ0v) is 12.5. The maximum atomic E-state index is 4.98. The number of fused-ring (bicyclic) bond motifs is 1. The van der Waals surface area contributed by atoms with Crippen molar-refractivity contribution in [2.24, 2.45) is 0 Å². The van der Waals surface area contributed by atoms with Crippen molar-refractivity contribution in [1.82, 2.24) is 15.3 Å². The summed E-state index contributed by atoms with van der Waals surface area (Å²) in [7, 11) is 0. The Morgan fingerprint density at radius 3 is 2.67 bits per heavy atom. The maximum absolute atomic E-state index is 4.98. The smallest absolute Gasteiger partial charge is 0.139 e. The lowest BCUT2D eigenvalue weighted by atomic mass is 9.93. The summed E-state index contributed by atoms with van der Waals surface area (Å²) in [6.45, 7) is 4.14. The molecule has 1 aromatic heterocycles. The second-order valence-electron chi connectivity index (χ2n) is 6.15. The first-order valence-electron chi connectivity index (χ1n) is 7.99. The predicted octanol–water partition coefficient (Wildman–Crippen LogP) is 2.76. The van der Waals surface area contributed by atoms with Gasteiger partial charge in [-0.15, -0.1) is 0 Å². The van der Waals surface area contributed by atoms with Crippen LogP contribution in [0.2, 0.25) is 0 Å². The second kappa shape index (κ2) is 4.92. The van der Waals surface area contributed by atoms with Crippen molar-refractivity contribution in [3.8, 4) is 0 Å². The third-order valence-corrected chi connectivity index (χ3v) is 4.86. The van der Waals surface area contributed by atoms with Crippen LogP contribution >= 0.6 is 0 Å². The molecule has 1 fully saturated rings. The minimum absolute atomic E-state index is 0.0810. The molecule has 0 atom stereocenters. The molecule has 0 spiro atoms. The van der Waals surface area contributed by atoms with Crippen LogP contribution in [-0.2, 0) is 24.8 Å². The van der Waals surface area contributed by atoms with Crippen LogP contribution in [0.3, 0.4) is 0 Å². The molecule has 0 bridgehead atoms. The highest BCUT2D eigenvalue weighted by Gasteiger charge is 2.49. The van der Waals surface area contributed by atoms with Crippen molar-refractivity contribution < 1.29 is 0 Å². The van der Waals surface area contributed by atoms with Gasteiger partial charge in [0, 0.05) is 12.2 Å². The number of aryl methyl sites for hydroxylation is 1. The SMILES string of the molecule is CCc1nc(C2(c3ccccc3)CC2)nc2c1CCNC2. The molecule has 0 unspecified atom stereocenters. The second-order valence-corrected chi connectivity index (χ2v) is 6.15. The van der Waals surface area contributed by atoms with E-state index in [9.17, 15) is 0 Å². The fourth-order valence-corrected chi connectivity index (χ4v) is 3.47. The van der Waals surface area contributed by atoms with E-state index in [4.69, 9.17) is 9.97 Å². The Bertz CT molecular complexity index is 642. The molecule has 1 aliphatic carbocycles. The number of hydrogen-bond acceptors (Lipinski definition) is 3. The monoisotopic (exact) mass is 279 g/mol. The lowest BCUT2D eigenvalue weighted by molar-refractivity contribution is 0.598. The molecule has 4 rings (SSSR count). The van der Waals surface area contributed by atoms with E-state index in [1.165, 1.54) is 35.4 Å². The molecule has 2 heterocycles. The standard InChI is InChI=1S/C18H21N3/c1-2-15-14-8-11-19-12-16(14)21-17(20-15)18(9-10-18)13-6-4-3-5-7-13/h3-7,19H,2,8-12H2,1H3. The summed E-state index contributed by atoms with van der Waals surface area (Å²) in [5, 5.41) is 3.44. The van der Waals surface area contributed by atoms with E-state index in [0.29, 0.717) is 0 Å². The van der Waals surface area contributed by atoms with E-state index in [1.54, 1.807) is 0 Å². The molecule has 1 aromatic carbocycles. The highest BCUT2D eigenvalue weighted by atomic mass is 15.0. The first-order valence-corrected chi connectivity index (χ1v) is 7.99. The molecular formula is C18H21N3. The molecule has 108 valence electrons. The number of nitrogens with one attached hydrogen (secondary N) is 1. The molecule has 2 aliphatic rings. The third-order valence-electron chi connectivity index (χ3n) is 4.86. The van der Waals surface area contributed by atoms with Crippen molar-refractivity contribution in [2.75, 3.05) is 6.54 Å². The first kappa shape index (κ1) is 13.0. The fourth-order valence-electron chi connectivity index (χ4n) is 3.47. The largest absolute Gasteiger partial charge is 0.311 e. The van der Waals surface area contributed by atoms with Crippen LogP contribution in [0.1, 0.15) is 48.1 Å². The summed E-state index contributed by atoms with van der Waals surface area (Å²) in [6, 6.07) is 10.8. The molecule has 0 saturated heterocycles. The number of benzene rings is 1. The van der Waals surface area contributed by atoms with Gasteiger partial charge >= 0.3 is 0 Å². The Kier molecular flexibility index (Phi) is 3.03. The van der Waals surface area contributed by atoms with E-state index in [0.717, 1.165) is 31.8 Å². The van der Waals surface area contributed by atoms with Gasteiger partial charge in [0.15, 0.2) is 0 Å². The van der Waals surface area contributed by atoms with Gasteiger partial charge in [0.1, 0.15) is 5.82 Å². The van der Waals surface area contributed by atoms with Crippen LogP contribution in [0.15, 0.2) is 30.3 Å². The van der Waals surface area contributed by atoms with E-state index in [-0.39, 0.29) is 5.41 Å². The van der Waals surface area contributed by atoms with Crippen molar-refractivity contribution in [2.45, 2.75) is 44.6 Å². The van der Waals surface area contributed by atoms with Gasteiger partial charge in [-0.1, -0.05) is 37.3 Å². The molecule has 3 heteroatoms. The van der Waals surface area contributed by atoms with E-state index < -0.39 is 0 Å². The van der Waals surface area contributed by atoms with Gasteiger partial charge in [-0.25, -0.2) is 9.97 Å². The predicted molar refractivity (Wildman–Crippen MR) is 83.3 cm³/mol. The van der Waals surface area contributed by atoms with E-state index in [2.05, 4.69) is 42.6 Å². The lowest BCUT2D eigenvalue weighted by Gasteiger charge is -2.22. The van der Waals surface area contributed by atoms with Crippen LogP contribution in [0.25, 0.3) is 0 Å². The fraction of sp³-hybridized carbons (Fsp3) is 0.444. The quantitative estimate of drug-likeness (QED) is 0.939. The minimum Gasteiger partial charge on any atom is -0.311 e. The van der Waals surface area contributed by atoms with Crippen molar-refractivity contribution in [1.29, 1.82) is 0 Å². The van der Waals surface area contributed by atoms with Gasteiger partial charge in [-0.3, -0.25) is 0 Å². The average molecular weight is 279 g/mol. The van der Waals surface area contributed by atoms with Crippen LogP contribution < -0.4 is 5.32 Å². The van der Waals surface area contributed by atoms with Gasteiger partial charge in [-0.05, 0) is 43.4 Å². The number of rotatable bonds is 3. The Morgan fingerprint density at radius 1 is 1.14 bits per heavy atom. The topological polar surface area (TPSA) is 37.8 Å². The lowest BCUT2D eigenvalue weighted by Crippen LogP contribution is -2.28. The van der Waals surface area contributed by atoms with Crippen LogP contribution in [-0.4, -0.2) is 16.5 Å². The minimum atomic E-state index is 0.0810. The van der Waals surface area contributed by atoms with Gasteiger partial charge in [0.2, 0.25) is 0 Å². The number of aromatic nitrogens is 2. The Labute approximate surface area is 125 Å². The molecule has 2 aromatic rings. The zero-order chi connectivity index (χ0) is 14.3. The number of nitrogens with zero attached hydrogens (tertiary/aromatic N) is 2. The summed E-state index contributed by atoms with van der Waals surface area (Å²) >= 11 is 0. The average Bonchev–Trinajstić information content (AvgIpc) is 3.36. The molecule has 1 aliphatic heterocycles.